The van der Waals surface area contributed by atoms with Gasteiger partial charge in [-0.05, 0) is 6.07 Å². The maximum Gasteiger partial charge on any atom is 0.243 e. The van der Waals surface area contributed by atoms with Crippen molar-refractivity contribution in [2.24, 2.45) is 5.73 Å². The highest BCUT2D eigenvalue weighted by atomic mass is 32.2. The van der Waals surface area contributed by atoms with Crippen LogP contribution in [0.3, 0.4) is 0 Å². The lowest BCUT2D eigenvalue weighted by Gasteiger charge is -2.24. The second-order valence-electron chi connectivity index (χ2n) is 3.71. The molecule has 0 atom stereocenters. The van der Waals surface area contributed by atoms with Crippen LogP contribution in [0.2, 0.25) is 0 Å². The third-order valence-corrected chi connectivity index (χ3v) is 6.87. The molecule has 0 spiro atoms. The van der Waals surface area contributed by atoms with Crippen molar-refractivity contribution in [2.75, 3.05) is 24.6 Å². The maximum atomic E-state index is 12.2. The number of nitrogens with two attached hydrogens (primary N) is 1. The highest BCUT2D eigenvalue weighted by Gasteiger charge is 2.28. The zero-order valence-corrected chi connectivity index (χ0v) is 11.6. The minimum atomic E-state index is -3.42. The monoisotopic (exact) mass is 294 g/mol. The Labute approximate surface area is 107 Å². The summed E-state index contributed by atoms with van der Waals surface area (Å²) >= 11 is 1.35. The lowest BCUT2D eigenvalue weighted by Crippen LogP contribution is -2.41. The molecule has 0 bridgehead atoms. The summed E-state index contributed by atoms with van der Waals surface area (Å²) in [6.45, 7) is 1.02. The lowest BCUT2D eigenvalue weighted by atomic mass is 10.5. The summed E-state index contributed by atoms with van der Waals surface area (Å²) in [6, 6.07) is 1.62. The van der Waals surface area contributed by atoms with E-state index in [1.165, 1.54) is 15.6 Å². The van der Waals surface area contributed by atoms with Crippen LogP contribution in [-0.4, -0.2) is 41.5 Å². The van der Waals surface area contributed by atoms with Crippen molar-refractivity contribution in [3.8, 4) is 0 Å². The summed E-state index contributed by atoms with van der Waals surface area (Å²) < 4.78 is 37.0. The van der Waals surface area contributed by atoms with Crippen LogP contribution in [0.4, 0.5) is 0 Å². The van der Waals surface area contributed by atoms with Gasteiger partial charge < -0.3 is 5.73 Å². The SMILES string of the molecule is NCc1cc(S(=O)(=O)N2CCS(=O)CC2)cs1. The van der Waals surface area contributed by atoms with Crippen LogP contribution < -0.4 is 5.73 Å². The molecular weight excluding hydrogens is 280 g/mol. The van der Waals surface area contributed by atoms with E-state index in [0.717, 1.165) is 4.88 Å². The molecule has 1 aliphatic rings. The minimum absolute atomic E-state index is 0.302. The molecule has 2 N–H and O–H groups in total. The molecule has 2 rings (SSSR count). The fourth-order valence-electron chi connectivity index (χ4n) is 1.61. The molecule has 0 amide bonds. The van der Waals surface area contributed by atoms with Gasteiger partial charge in [-0.3, -0.25) is 4.21 Å². The van der Waals surface area contributed by atoms with E-state index >= 15 is 0 Å². The van der Waals surface area contributed by atoms with Gasteiger partial charge in [0, 0.05) is 52.2 Å². The van der Waals surface area contributed by atoms with Gasteiger partial charge in [0.05, 0.1) is 4.90 Å². The Hall–Kier alpha value is -0.280. The van der Waals surface area contributed by atoms with Gasteiger partial charge in [0.25, 0.3) is 0 Å². The van der Waals surface area contributed by atoms with Crippen LogP contribution in [-0.2, 0) is 27.4 Å². The van der Waals surface area contributed by atoms with Gasteiger partial charge in [0.2, 0.25) is 10.0 Å². The van der Waals surface area contributed by atoms with Crippen LogP contribution in [0.1, 0.15) is 4.88 Å². The van der Waals surface area contributed by atoms with Gasteiger partial charge in [-0.15, -0.1) is 11.3 Å². The molecule has 1 saturated heterocycles. The van der Waals surface area contributed by atoms with Crippen LogP contribution >= 0.6 is 11.3 Å². The summed E-state index contributed by atoms with van der Waals surface area (Å²) in [5, 5.41) is 1.61. The molecule has 5 nitrogen and oxygen atoms in total. The zero-order chi connectivity index (χ0) is 12.5. The normalized spacial score (nSPS) is 19.6. The fourth-order valence-corrected chi connectivity index (χ4v) is 5.48. The van der Waals surface area contributed by atoms with E-state index in [1.807, 2.05) is 0 Å². The molecule has 1 aromatic heterocycles. The Morgan fingerprint density at radius 2 is 2.06 bits per heavy atom. The second kappa shape index (κ2) is 5.15. The van der Waals surface area contributed by atoms with Gasteiger partial charge in [0.15, 0.2) is 0 Å². The molecule has 2 heterocycles. The minimum Gasteiger partial charge on any atom is -0.326 e. The van der Waals surface area contributed by atoms with Crippen LogP contribution in [0, 0.1) is 0 Å². The number of rotatable bonds is 3. The summed E-state index contributed by atoms with van der Waals surface area (Å²) in [5.74, 6) is 0.847. The van der Waals surface area contributed by atoms with E-state index in [1.54, 1.807) is 11.4 Å². The second-order valence-corrected chi connectivity index (χ2v) is 8.33. The average molecular weight is 294 g/mol. The Morgan fingerprint density at radius 1 is 1.41 bits per heavy atom. The topological polar surface area (TPSA) is 80.5 Å². The molecule has 0 unspecified atom stereocenters. The molecule has 0 aliphatic carbocycles. The van der Waals surface area contributed by atoms with Crippen molar-refractivity contribution in [2.45, 2.75) is 11.4 Å². The van der Waals surface area contributed by atoms with Gasteiger partial charge >= 0.3 is 0 Å². The first kappa shape index (κ1) is 13.2. The third kappa shape index (κ3) is 2.76. The van der Waals surface area contributed by atoms with E-state index in [-0.39, 0.29) is 0 Å². The largest absolute Gasteiger partial charge is 0.326 e. The van der Waals surface area contributed by atoms with Gasteiger partial charge in [-0.2, -0.15) is 4.31 Å². The number of sulfonamides is 1. The first-order chi connectivity index (χ1) is 8.04. The summed E-state index contributed by atoms with van der Waals surface area (Å²) in [6.07, 6.45) is 0. The first-order valence-electron chi connectivity index (χ1n) is 5.16. The van der Waals surface area contributed by atoms with Gasteiger partial charge in [-0.25, -0.2) is 8.42 Å². The standard InChI is InChI=1S/C9H14N2O3S3/c10-6-8-5-9(7-15-8)17(13,14)11-1-3-16(12)4-2-11/h5,7H,1-4,6,10H2. The number of nitrogens with zero attached hydrogens (tertiary/aromatic N) is 1. The predicted molar refractivity (Wildman–Crippen MR) is 68.8 cm³/mol. The highest BCUT2D eigenvalue weighted by molar-refractivity contribution is 7.89. The molecular formula is C9H14N2O3S3. The van der Waals surface area contributed by atoms with Crippen molar-refractivity contribution in [3.05, 3.63) is 16.3 Å². The lowest BCUT2D eigenvalue weighted by molar-refractivity contribution is 0.439. The predicted octanol–water partition coefficient (Wildman–Crippen LogP) is -0.0402. The molecule has 0 radical (unpaired) electrons. The zero-order valence-electron chi connectivity index (χ0n) is 9.16. The van der Waals surface area contributed by atoms with E-state index in [9.17, 15) is 12.6 Å². The van der Waals surface area contributed by atoms with Crippen molar-refractivity contribution in [1.82, 2.24) is 4.31 Å². The van der Waals surface area contributed by atoms with E-state index < -0.39 is 20.8 Å². The molecule has 0 aromatic carbocycles. The molecule has 96 valence electrons. The van der Waals surface area contributed by atoms with Crippen LogP contribution in [0.5, 0.6) is 0 Å². The van der Waals surface area contributed by atoms with Crippen molar-refractivity contribution in [1.29, 1.82) is 0 Å². The first-order valence-corrected chi connectivity index (χ1v) is 8.97. The summed E-state index contributed by atoms with van der Waals surface area (Å²) in [4.78, 5) is 1.15. The maximum absolute atomic E-state index is 12.2. The Balaban J connectivity index is 2.21. The Morgan fingerprint density at radius 3 is 2.59 bits per heavy atom. The van der Waals surface area contributed by atoms with Crippen molar-refractivity contribution < 1.29 is 12.6 Å². The summed E-state index contributed by atoms with van der Waals surface area (Å²) in [7, 11) is -4.29. The average Bonchev–Trinajstić information content (AvgIpc) is 2.78. The molecule has 1 fully saturated rings. The molecule has 8 heteroatoms. The number of thiophene rings is 1. The number of hydrogen-bond donors (Lipinski definition) is 1. The van der Waals surface area contributed by atoms with E-state index in [4.69, 9.17) is 5.73 Å². The Bertz CT molecular complexity index is 513. The molecule has 1 aliphatic heterocycles. The number of hydrogen-bond acceptors (Lipinski definition) is 5. The van der Waals surface area contributed by atoms with E-state index in [2.05, 4.69) is 0 Å². The fraction of sp³-hybridized carbons (Fsp3) is 0.556. The molecule has 0 saturated carbocycles. The van der Waals surface area contributed by atoms with Crippen LogP contribution in [0.15, 0.2) is 16.3 Å². The van der Waals surface area contributed by atoms with Crippen LogP contribution in [0.25, 0.3) is 0 Å². The van der Waals surface area contributed by atoms with Gasteiger partial charge in [-0.1, -0.05) is 0 Å². The van der Waals surface area contributed by atoms with E-state index in [0.29, 0.717) is 36.0 Å². The highest BCUT2D eigenvalue weighted by Crippen LogP contribution is 2.23. The molecule has 17 heavy (non-hydrogen) atoms. The quantitative estimate of drug-likeness (QED) is 0.848. The summed E-state index contributed by atoms with van der Waals surface area (Å²) in [5.41, 5.74) is 5.46. The smallest absolute Gasteiger partial charge is 0.243 e. The Kier molecular flexibility index (Phi) is 3.99. The van der Waals surface area contributed by atoms with Crippen molar-refractivity contribution >= 4 is 32.2 Å². The molecule has 1 aromatic rings. The third-order valence-electron chi connectivity index (χ3n) is 2.61. The van der Waals surface area contributed by atoms with Crippen molar-refractivity contribution in [3.63, 3.8) is 0 Å². The van der Waals surface area contributed by atoms with Gasteiger partial charge in [0.1, 0.15) is 0 Å².